The van der Waals surface area contributed by atoms with Gasteiger partial charge in [0, 0.05) is 12.6 Å². The number of hydrogen-bond donors (Lipinski definition) is 1. The molecule has 20 heavy (non-hydrogen) atoms. The molecule has 0 amide bonds. The molecule has 1 unspecified atom stereocenters. The van der Waals surface area contributed by atoms with Gasteiger partial charge in [-0.05, 0) is 37.1 Å². The Morgan fingerprint density at radius 3 is 2.70 bits per heavy atom. The van der Waals surface area contributed by atoms with E-state index >= 15 is 0 Å². The summed E-state index contributed by atoms with van der Waals surface area (Å²) in [6, 6.07) is 6.53. The molecule has 1 heterocycles. The number of carboxylic acid groups (broad SMARTS) is 1. The Kier molecular flexibility index (Phi) is 4.89. The van der Waals surface area contributed by atoms with Gasteiger partial charge in [-0.2, -0.15) is 8.78 Å². The summed E-state index contributed by atoms with van der Waals surface area (Å²) in [5, 5.41) is 8.86. The van der Waals surface area contributed by atoms with Crippen LogP contribution in [0.1, 0.15) is 24.8 Å². The van der Waals surface area contributed by atoms with Gasteiger partial charge in [0.1, 0.15) is 5.75 Å². The number of nitrogens with zero attached hydrogens (tertiary/aromatic N) is 1. The average Bonchev–Trinajstić information content (AvgIpc) is 2.78. The number of likely N-dealkylation sites (tertiary alicyclic amines) is 1. The van der Waals surface area contributed by atoms with Crippen molar-refractivity contribution in [3.05, 3.63) is 29.8 Å². The zero-order valence-corrected chi connectivity index (χ0v) is 11.0. The molecule has 110 valence electrons. The van der Waals surface area contributed by atoms with E-state index in [-0.39, 0.29) is 18.2 Å². The summed E-state index contributed by atoms with van der Waals surface area (Å²) in [6.07, 6.45) is 2.02. The second-order valence-corrected chi connectivity index (χ2v) is 4.89. The van der Waals surface area contributed by atoms with Crippen molar-refractivity contribution in [3.63, 3.8) is 0 Å². The molecule has 1 saturated heterocycles. The largest absolute Gasteiger partial charge is 0.481 e. The van der Waals surface area contributed by atoms with Crippen LogP contribution in [0.3, 0.4) is 0 Å². The van der Waals surface area contributed by atoms with Crippen molar-refractivity contribution in [2.24, 2.45) is 0 Å². The highest BCUT2D eigenvalue weighted by atomic mass is 19.3. The first-order chi connectivity index (χ1) is 9.54. The number of alkyl halides is 2. The first-order valence-corrected chi connectivity index (χ1v) is 6.54. The lowest BCUT2D eigenvalue weighted by molar-refractivity contribution is -0.138. The molecule has 1 aliphatic rings. The number of rotatable bonds is 6. The van der Waals surface area contributed by atoms with E-state index in [4.69, 9.17) is 5.11 Å². The lowest BCUT2D eigenvalue weighted by Gasteiger charge is -2.23. The predicted octanol–water partition coefficient (Wildman–Crippen LogP) is 2.73. The van der Waals surface area contributed by atoms with Gasteiger partial charge in [-0.3, -0.25) is 9.69 Å². The van der Waals surface area contributed by atoms with Crippen LogP contribution in [0, 0.1) is 0 Å². The molecular formula is C14H17F2NO3. The number of halogens is 2. The van der Waals surface area contributed by atoms with Crippen molar-refractivity contribution in [1.29, 1.82) is 0 Å². The Labute approximate surface area is 116 Å². The van der Waals surface area contributed by atoms with Gasteiger partial charge in [0.25, 0.3) is 0 Å². The Morgan fingerprint density at radius 1 is 1.40 bits per heavy atom. The van der Waals surface area contributed by atoms with Crippen LogP contribution in [-0.2, 0) is 11.3 Å². The SMILES string of the molecule is O=C(O)CC1CCCN1Cc1ccc(OC(F)F)cc1. The topological polar surface area (TPSA) is 49.8 Å². The quantitative estimate of drug-likeness (QED) is 0.873. The van der Waals surface area contributed by atoms with Gasteiger partial charge in [-0.25, -0.2) is 0 Å². The molecule has 1 N–H and O–H groups in total. The van der Waals surface area contributed by atoms with Crippen LogP contribution < -0.4 is 4.74 Å². The first-order valence-electron chi connectivity index (χ1n) is 6.54. The number of carboxylic acids is 1. The molecule has 1 atom stereocenters. The Bertz CT molecular complexity index is 450. The number of carbonyl (C=O) groups is 1. The molecule has 1 aromatic carbocycles. The number of ether oxygens (including phenoxy) is 1. The highest BCUT2D eigenvalue weighted by Crippen LogP contribution is 2.23. The molecule has 0 radical (unpaired) electrons. The molecule has 0 aromatic heterocycles. The highest BCUT2D eigenvalue weighted by Gasteiger charge is 2.26. The molecule has 0 saturated carbocycles. The maximum absolute atomic E-state index is 12.0. The minimum Gasteiger partial charge on any atom is -0.481 e. The lowest BCUT2D eigenvalue weighted by Crippen LogP contribution is -2.30. The van der Waals surface area contributed by atoms with E-state index in [0.29, 0.717) is 6.54 Å². The summed E-state index contributed by atoms with van der Waals surface area (Å²) in [5.74, 6) is -0.658. The molecule has 1 aromatic rings. The maximum Gasteiger partial charge on any atom is 0.387 e. The van der Waals surface area contributed by atoms with Crippen molar-refractivity contribution in [2.45, 2.75) is 38.5 Å². The summed E-state index contributed by atoms with van der Waals surface area (Å²) in [5.41, 5.74) is 0.962. The number of hydrogen-bond acceptors (Lipinski definition) is 3. The fourth-order valence-electron chi connectivity index (χ4n) is 2.55. The third-order valence-corrected chi connectivity index (χ3v) is 3.44. The second-order valence-electron chi connectivity index (χ2n) is 4.89. The van der Waals surface area contributed by atoms with E-state index in [9.17, 15) is 13.6 Å². The van der Waals surface area contributed by atoms with Gasteiger partial charge in [-0.1, -0.05) is 12.1 Å². The van der Waals surface area contributed by atoms with Gasteiger partial charge in [0.2, 0.25) is 0 Å². The fourth-order valence-corrected chi connectivity index (χ4v) is 2.55. The van der Waals surface area contributed by atoms with E-state index in [1.807, 2.05) is 0 Å². The molecule has 0 aliphatic carbocycles. The molecular weight excluding hydrogens is 268 g/mol. The monoisotopic (exact) mass is 285 g/mol. The third kappa shape index (κ3) is 4.16. The van der Waals surface area contributed by atoms with Crippen LogP contribution >= 0.6 is 0 Å². The third-order valence-electron chi connectivity index (χ3n) is 3.44. The number of benzene rings is 1. The van der Waals surface area contributed by atoms with Crippen LogP contribution in [-0.4, -0.2) is 35.2 Å². The van der Waals surface area contributed by atoms with Crippen LogP contribution in [0.15, 0.2) is 24.3 Å². The second kappa shape index (κ2) is 6.65. The van der Waals surface area contributed by atoms with E-state index in [0.717, 1.165) is 24.9 Å². The summed E-state index contributed by atoms with van der Waals surface area (Å²) in [7, 11) is 0. The van der Waals surface area contributed by atoms with Crippen molar-refractivity contribution < 1.29 is 23.4 Å². The molecule has 0 bridgehead atoms. The zero-order valence-electron chi connectivity index (χ0n) is 11.0. The minimum atomic E-state index is -2.82. The fraction of sp³-hybridized carbons (Fsp3) is 0.500. The smallest absolute Gasteiger partial charge is 0.387 e. The normalized spacial score (nSPS) is 19.4. The standard InChI is InChI=1S/C14H17F2NO3/c15-14(16)20-12-5-3-10(4-6-12)9-17-7-1-2-11(17)8-13(18)19/h3-6,11,14H,1-2,7-9H2,(H,18,19). The van der Waals surface area contributed by atoms with Crippen LogP contribution in [0.5, 0.6) is 5.75 Å². The summed E-state index contributed by atoms with van der Waals surface area (Å²) >= 11 is 0. The molecule has 2 rings (SSSR count). The van der Waals surface area contributed by atoms with E-state index in [2.05, 4.69) is 9.64 Å². The van der Waals surface area contributed by atoms with Crippen molar-refractivity contribution >= 4 is 5.97 Å². The van der Waals surface area contributed by atoms with Gasteiger partial charge in [0.05, 0.1) is 6.42 Å². The molecule has 1 aliphatic heterocycles. The Balaban J connectivity index is 1.93. The van der Waals surface area contributed by atoms with Gasteiger partial charge in [-0.15, -0.1) is 0 Å². The van der Waals surface area contributed by atoms with Gasteiger partial charge >= 0.3 is 12.6 Å². The summed E-state index contributed by atoms with van der Waals surface area (Å²) in [4.78, 5) is 12.9. The lowest BCUT2D eigenvalue weighted by atomic mass is 10.1. The van der Waals surface area contributed by atoms with E-state index in [1.165, 1.54) is 12.1 Å². The Morgan fingerprint density at radius 2 is 2.10 bits per heavy atom. The van der Waals surface area contributed by atoms with E-state index < -0.39 is 12.6 Å². The minimum absolute atomic E-state index is 0.0597. The molecule has 0 spiro atoms. The van der Waals surface area contributed by atoms with Crippen LogP contribution in [0.25, 0.3) is 0 Å². The Hall–Kier alpha value is -1.69. The first kappa shape index (κ1) is 14.7. The highest BCUT2D eigenvalue weighted by molar-refractivity contribution is 5.67. The molecule has 4 nitrogen and oxygen atoms in total. The average molecular weight is 285 g/mol. The van der Waals surface area contributed by atoms with Gasteiger partial charge in [0.15, 0.2) is 0 Å². The van der Waals surface area contributed by atoms with E-state index in [1.54, 1.807) is 12.1 Å². The maximum atomic E-state index is 12.0. The zero-order chi connectivity index (χ0) is 14.5. The van der Waals surface area contributed by atoms with Crippen molar-refractivity contribution in [1.82, 2.24) is 4.90 Å². The van der Waals surface area contributed by atoms with Crippen LogP contribution in [0.4, 0.5) is 8.78 Å². The molecule has 6 heteroatoms. The summed E-state index contributed by atoms with van der Waals surface area (Å²) in [6.45, 7) is -1.32. The predicted molar refractivity (Wildman–Crippen MR) is 68.8 cm³/mol. The molecule has 1 fully saturated rings. The van der Waals surface area contributed by atoms with Crippen molar-refractivity contribution in [3.8, 4) is 5.75 Å². The number of aliphatic carboxylic acids is 1. The summed E-state index contributed by atoms with van der Waals surface area (Å²) < 4.78 is 28.4. The van der Waals surface area contributed by atoms with Gasteiger partial charge < -0.3 is 9.84 Å². The van der Waals surface area contributed by atoms with Crippen LogP contribution in [0.2, 0.25) is 0 Å². The van der Waals surface area contributed by atoms with Crippen molar-refractivity contribution in [2.75, 3.05) is 6.54 Å².